The predicted molar refractivity (Wildman–Crippen MR) is 136 cm³/mol. The molecule has 1 aliphatic heterocycles. The molecule has 188 valence electrons. The van der Waals surface area contributed by atoms with E-state index in [-0.39, 0.29) is 11.3 Å². The molecule has 33 heavy (non-hydrogen) atoms. The maximum absolute atomic E-state index is 13.3. The van der Waals surface area contributed by atoms with Crippen LogP contribution in [0.3, 0.4) is 0 Å². The van der Waals surface area contributed by atoms with Gasteiger partial charge >= 0.3 is 0 Å². The van der Waals surface area contributed by atoms with E-state index in [2.05, 4.69) is 36.6 Å². The van der Waals surface area contributed by atoms with Crippen molar-refractivity contribution in [3.8, 4) is 0 Å². The Balaban J connectivity index is 1.50. The maximum Gasteiger partial charge on any atom is 0.228 e. The van der Waals surface area contributed by atoms with Crippen LogP contribution in [0.2, 0.25) is 0 Å². The minimum absolute atomic E-state index is 0.253. The molecule has 2 unspecified atom stereocenters. The molecule has 0 aromatic heterocycles. The zero-order chi connectivity index (χ0) is 24.2. The molecule has 1 saturated heterocycles. The third-order valence-electron chi connectivity index (χ3n) is 8.54. The highest BCUT2D eigenvalue weighted by molar-refractivity contribution is 5.81. The molecule has 2 fully saturated rings. The number of amides is 2. The highest BCUT2D eigenvalue weighted by Gasteiger charge is 2.51. The first-order chi connectivity index (χ1) is 15.5. The molecule has 3 aliphatic carbocycles. The van der Waals surface area contributed by atoms with Gasteiger partial charge in [-0.15, -0.1) is 0 Å². The number of piperazine rings is 1. The summed E-state index contributed by atoms with van der Waals surface area (Å²) in [6.07, 6.45) is 10.2. The van der Waals surface area contributed by atoms with Crippen LogP contribution in [0.1, 0.15) is 86.5 Å². The number of nitrogens with zero attached hydrogens (tertiary/aromatic N) is 3. The van der Waals surface area contributed by atoms with E-state index in [0.717, 1.165) is 64.6 Å². The van der Waals surface area contributed by atoms with Crippen LogP contribution in [-0.2, 0) is 9.59 Å². The number of hydrogen-bond acceptors (Lipinski definition) is 3. The van der Waals surface area contributed by atoms with Crippen LogP contribution in [-0.4, -0.2) is 72.3 Å². The average Bonchev–Trinajstić information content (AvgIpc) is 2.78. The SMILES string of the molecule is CCCCCCC(=O)N1CCN(CCN(CC2=CCC3CC2C3(C)C)C(=O)C(C)(C)C)CC1. The number of carbonyl (C=O) groups excluding carboxylic acids is 2. The van der Waals surface area contributed by atoms with Crippen LogP contribution in [0, 0.1) is 22.7 Å². The Morgan fingerprint density at radius 2 is 1.79 bits per heavy atom. The first-order valence-electron chi connectivity index (χ1n) is 13.5. The summed E-state index contributed by atoms with van der Waals surface area (Å²) in [4.78, 5) is 32.4. The Labute approximate surface area is 202 Å². The summed E-state index contributed by atoms with van der Waals surface area (Å²) in [6.45, 7) is 19.0. The molecule has 0 spiro atoms. The van der Waals surface area contributed by atoms with E-state index < -0.39 is 0 Å². The third-order valence-corrected chi connectivity index (χ3v) is 8.54. The quantitative estimate of drug-likeness (QED) is 0.342. The highest BCUT2D eigenvalue weighted by Crippen LogP contribution is 2.59. The van der Waals surface area contributed by atoms with Gasteiger partial charge in [-0.2, -0.15) is 0 Å². The Kier molecular flexibility index (Phi) is 8.69. The third kappa shape index (κ3) is 6.41. The monoisotopic (exact) mass is 459 g/mol. The van der Waals surface area contributed by atoms with Gasteiger partial charge in [-0.1, -0.05) is 72.5 Å². The molecule has 0 N–H and O–H groups in total. The highest BCUT2D eigenvalue weighted by atomic mass is 16.2. The van der Waals surface area contributed by atoms with Gasteiger partial charge in [0.2, 0.25) is 11.8 Å². The molecule has 4 rings (SSSR count). The molecule has 0 aromatic rings. The van der Waals surface area contributed by atoms with E-state index in [1.54, 1.807) is 0 Å². The van der Waals surface area contributed by atoms with E-state index >= 15 is 0 Å². The second-order valence-electron chi connectivity index (χ2n) is 12.3. The Bertz CT molecular complexity index is 713. The number of carbonyl (C=O) groups is 2. The van der Waals surface area contributed by atoms with Crippen molar-refractivity contribution in [3.63, 3.8) is 0 Å². The lowest BCUT2D eigenvalue weighted by Gasteiger charge is -2.57. The van der Waals surface area contributed by atoms with Crippen molar-refractivity contribution in [2.45, 2.75) is 86.5 Å². The van der Waals surface area contributed by atoms with Crippen LogP contribution >= 0.6 is 0 Å². The first-order valence-corrected chi connectivity index (χ1v) is 13.5. The molecule has 5 heteroatoms. The van der Waals surface area contributed by atoms with Gasteiger partial charge in [-0.3, -0.25) is 14.5 Å². The van der Waals surface area contributed by atoms with Crippen molar-refractivity contribution in [2.24, 2.45) is 22.7 Å². The number of allylic oxidation sites excluding steroid dienone is 1. The second kappa shape index (κ2) is 10.9. The molecule has 2 amide bonds. The van der Waals surface area contributed by atoms with Crippen LogP contribution in [0.15, 0.2) is 11.6 Å². The Morgan fingerprint density at radius 3 is 2.36 bits per heavy atom. The lowest BCUT2D eigenvalue weighted by molar-refractivity contribution is -0.139. The Morgan fingerprint density at radius 1 is 1.09 bits per heavy atom. The van der Waals surface area contributed by atoms with Crippen LogP contribution in [0.25, 0.3) is 0 Å². The summed E-state index contributed by atoms with van der Waals surface area (Å²) >= 11 is 0. The summed E-state index contributed by atoms with van der Waals surface area (Å²) in [5.74, 6) is 2.03. The number of rotatable bonds is 10. The van der Waals surface area contributed by atoms with E-state index in [0.29, 0.717) is 23.7 Å². The number of fused-ring (bicyclic) bond motifs is 1. The summed E-state index contributed by atoms with van der Waals surface area (Å²) < 4.78 is 0. The van der Waals surface area contributed by atoms with Crippen molar-refractivity contribution in [1.29, 1.82) is 0 Å². The predicted octanol–water partition coefficient (Wildman–Crippen LogP) is 4.97. The largest absolute Gasteiger partial charge is 0.340 e. The van der Waals surface area contributed by atoms with Gasteiger partial charge in [-0.05, 0) is 36.5 Å². The lowest BCUT2D eigenvalue weighted by Crippen LogP contribution is -2.53. The molecule has 0 radical (unpaired) electrons. The minimum atomic E-state index is -0.365. The molecule has 1 saturated carbocycles. The van der Waals surface area contributed by atoms with Gasteiger partial charge in [0.05, 0.1) is 0 Å². The lowest BCUT2D eigenvalue weighted by atomic mass is 9.49. The van der Waals surface area contributed by atoms with Gasteiger partial charge in [0.1, 0.15) is 0 Å². The van der Waals surface area contributed by atoms with Crippen molar-refractivity contribution in [3.05, 3.63) is 11.6 Å². The normalized spacial score (nSPS) is 24.8. The van der Waals surface area contributed by atoms with Gasteiger partial charge in [-0.25, -0.2) is 0 Å². The van der Waals surface area contributed by atoms with Gasteiger partial charge < -0.3 is 9.80 Å². The van der Waals surface area contributed by atoms with E-state index in [4.69, 9.17) is 0 Å². The fourth-order valence-corrected chi connectivity index (χ4v) is 5.95. The molecule has 4 aliphatic rings. The van der Waals surface area contributed by atoms with Gasteiger partial charge in [0, 0.05) is 57.6 Å². The van der Waals surface area contributed by atoms with Gasteiger partial charge in [0.15, 0.2) is 0 Å². The molecular formula is C28H49N3O2. The summed E-state index contributed by atoms with van der Waals surface area (Å²) in [6, 6.07) is 0. The van der Waals surface area contributed by atoms with Crippen LogP contribution in [0.5, 0.6) is 0 Å². The number of unbranched alkanes of at least 4 members (excludes halogenated alkanes) is 3. The molecule has 2 atom stereocenters. The van der Waals surface area contributed by atoms with Crippen molar-refractivity contribution >= 4 is 11.8 Å². The summed E-state index contributed by atoms with van der Waals surface area (Å²) in [5, 5.41) is 0. The molecule has 2 bridgehead atoms. The maximum atomic E-state index is 13.3. The zero-order valence-electron chi connectivity index (χ0n) is 22.3. The zero-order valence-corrected chi connectivity index (χ0v) is 22.3. The Hall–Kier alpha value is -1.36. The van der Waals surface area contributed by atoms with E-state index in [1.165, 1.54) is 31.3 Å². The summed E-state index contributed by atoms with van der Waals surface area (Å²) in [5.41, 5.74) is 1.51. The van der Waals surface area contributed by atoms with E-state index in [9.17, 15) is 9.59 Å². The smallest absolute Gasteiger partial charge is 0.228 e. The van der Waals surface area contributed by atoms with Crippen molar-refractivity contribution in [2.75, 3.05) is 45.8 Å². The van der Waals surface area contributed by atoms with Crippen molar-refractivity contribution < 1.29 is 9.59 Å². The molecular weight excluding hydrogens is 410 g/mol. The second-order valence-corrected chi connectivity index (χ2v) is 12.3. The molecule has 1 heterocycles. The topological polar surface area (TPSA) is 43.9 Å². The van der Waals surface area contributed by atoms with Crippen LogP contribution < -0.4 is 0 Å². The van der Waals surface area contributed by atoms with Crippen LogP contribution in [0.4, 0.5) is 0 Å². The van der Waals surface area contributed by atoms with E-state index in [1.807, 2.05) is 25.7 Å². The van der Waals surface area contributed by atoms with Gasteiger partial charge in [0.25, 0.3) is 0 Å². The molecule has 5 nitrogen and oxygen atoms in total. The minimum Gasteiger partial charge on any atom is -0.340 e. The summed E-state index contributed by atoms with van der Waals surface area (Å²) in [7, 11) is 0. The molecule has 0 aromatic carbocycles. The fourth-order valence-electron chi connectivity index (χ4n) is 5.95. The van der Waals surface area contributed by atoms with Crippen molar-refractivity contribution in [1.82, 2.24) is 14.7 Å². The first kappa shape index (κ1) is 26.2. The number of hydrogen-bond donors (Lipinski definition) is 0. The average molecular weight is 460 g/mol. The fraction of sp³-hybridized carbons (Fsp3) is 0.857. The standard InChI is InChI=1S/C28H49N3O2/c1-7-8-9-10-11-25(32)30-17-14-29(15-18-30)16-19-31(26(33)27(2,3)4)21-22-12-13-23-20-24(22)28(23,5)6/h12,23-24H,7-11,13-21H2,1-6H3.